The Bertz CT molecular complexity index is 758. The molecule has 0 bridgehead atoms. The van der Waals surface area contributed by atoms with Crippen LogP contribution < -0.4 is 15.0 Å². The van der Waals surface area contributed by atoms with Crippen molar-refractivity contribution in [3.05, 3.63) is 60.2 Å². The second-order valence-corrected chi connectivity index (χ2v) is 7.04. The van der Waals surface area contributed by atoms with Gasteiger partial charge in [-0.2, -0.15) is 0 Å². The number of rotatable bonds is 6. The zero-order chi connectivity index (χ0) is 19.1. The first-order valence-electron chi connectivity index (χ1n) is 9.71. The summed E-state index contributed by atoms with van der Waals surface area (Å²) in [6.45, 7) is 7.14. The van der Waals surface area contributed by atoms with E-state index in [-0.39, 0.29) is 5.91 Å². The molecule has 1 N–H and O–H groups in total. The number of anilines is 2. The maximum Gasteiger partial charge on any atom is 0.248 e. The third kappa shape index (κ3) is 5.61. The van der Waals surface area contributed by atoms with E-state index in [4.69, 9.17) is 4.74 Å². The summed E-state index contributed by atoms with van der Waals surface area (Å²) >= 11 is 0. The highest BCUT2D eigenvalue weighted by molar-refractivity contribution is 6.02. The lowest BCUT2D eigenvalue weighted by molar-refractivity contribution is -0.111. The molecule has 3 rings (SSSR count). The van der Waals surface area contributed by atoms with Gasteiger partial charge in [0.1, 0.15) is 5.75 Å². The van der Waals surface area contributed by atoms with Crippen LogP contribution in [-0.4, -0.2) is 25.6 Å². The van der Waals surface area contributed by atoms with Crippen molar-refractivity contribution in [1.82, 2.24) is 0 Å². The van der Waals surface area contributed by atoms with Crippen molar-refractivity contribution in [3.8, 4) is 5.75 Å². The molecule has 27 heavy (non-hydrogen) atoms. The van der Waals surface area contributed by atoms with E-state index in [0.717, 1.165) is 36.0 Å². The molecule has 1 saturated heterocycles. The second kappa shape index (κ2) is 9.26. The Morgan fingerprint density at radius 3 is 2.41 bits per heavy atom. The van der Waals surface area contributed by atoms with E-state index in [1.54, 1.807) is 12.2 Å². The topological polar surface area (TPSA) is 41.6 Å². The number of benzene rings is 2. The normalized spacial score (nSPS) is 15.1. The van der Waals surface area contributed by atoms with Crippen molar-refractivity contribution in [1.29, 1.82) is 0 Å². The lowest BCUT2D eigenvalue weighted by Gasteiger charge is -2.32. The van der Waals surface area contributed by atoms with E-state index < -0.39 is 0 Å². The molecule has 0 aliphatic carbocycles. The highest BCUT2D eigenvalue weighted by Crippen LogP contribution is 2.24. The Labute approximate surface area is 161 Å². The van der Waals surface area contributed by atoms with E-state index in [2.05, 4.69) is 29.3 Å². The van der Waals surface area contributed by atoms with Gasteiger partial charge in [0, 0.05) is 30.5 Å². The van der Waals surface area contributed by atoms with Crippen molar-refractivity contribution in [2.24, 2.45) is 5.92 Å². The van der Waals surface area contributed by atoms with Gasteiger partial charge in [-0.25, -0.2) is 0 Å². The summed E-state index contributed by atoms with van der Waals surface area (Å²) in [5, 5.41) is 2.91. The maximum atomic E-state index is 12.1. The Kier molecular flexibility index (Phi) is 6.53. The molecular weight excluding hydrogens is 336 g/mol. The van der Waals surface area contributed by atoms with Gasteiger partial charge in [0.15, 0.2) is 0 Å². The van der Waals surface area contributed by atoms with Crippen molar-refractivity contribution < 1.29 is 9.53 Å². The molecule has 1 aliphatic rings. The van der Waals surface area contributed by atoms with Crippen molar-refractivity contribution in [2.75, 3.05) is 29.9 Å². The molecule has 0 aromatic heterocycles. The highest BCUT2D eigenvalue weighted by Gasteiger charge is 2.15. The van der Waals surface area contributed by atoms with Gasteiger partial charge < -0.3 is 15.0 Å². The van der Waals surface area contributed by atoms with E-state index in [0.29, 0.717) is 6.61 Å². The predicted molar refractivity (Wildman–Crippen MR) is 112 cm³/mol. The van der Waals surface area contributed by atoms with Gasteiger partial charge in [-0.3, -0.25) is 4.79 Å². The molecule has 0 saturated carbocycles. The number of hydrogen-bond acceptors (Lipinski definition) is 3. The fourth-order valence-corrected chi connectivity index (χ4v) is 3.22. The summed E-state index contributed by atoms with van der Waals surface area (Å²) in [6, 6.07) is 15.8. The molecule has 0 radical (unpaired) electrons. The van der Waals surface area contributed by atoms with Gasteiger partial charge in [-0.15, -0.1) is 0 Å². The first-order valence-corrected chi connectivity index (χ1v) is 9.71. The maximum absolute atomic E-state index is 12.1. The number of nitrogens with one attached hydrogen (secondary N) is 1. The number of nitrogens with zero attached hydrogens (tertiary/aromatic N) is 1. The van der Waals surface area contributed by atoms with Gasteiger partial charge in [0.05, 0.1) is 6.61 Å². The molecule has 0 spiro atoms. The number of hydrogen-bond donors (Lipinski definition) is 1. The summed E-state index contributed by atoms with van der Waals surface area (Å²) in [4.78, 5) is 14.6. The van der Waals surface area contributed by atoms with Crippen LogP contribution in [0, 0.1) is 5.92 Å². The zero-order valence-electron chi connectivity index (χ0n) is 16.2. The molecule has 142 valence electrons. The standard InChI is InChI=1S/C23H28N2O2/c1-3-27-22-11-4-19(5-12-22)6-13-23(26)24-20-7-9-21(10-8-20)25-16-14-18(2)15-17-25/h4-13,18H,3,14-17H2,1-2H3,(H,24,26)/b13-6+. The van der Waals surface area contributed by atoms with Crippen LogP contribution in [-0.2, 0) is 4.79 Å². The largest absolute Gasteiger partial charge is 0.494 e. The summed E-state index contributed by atoms with van der Waals surface area (Å²) in [5.41, 5.74) is 3.00. The fourth-order valence-electron chi connectivity index (χ4n) is 3.22. The van der Waals surface area contributed by atoms with Crippen LogP contribution in [0.1, 0.15) is 32.3 Å². The molecule has 4 nitrogen and oxygen atoms in total. The number of carbonyl (C=O) groups excluding carboxylic acids is 1. The minimum Gasteiger partial charge on any atom is -0.494 e. The Morgan fingerprint density at radius 1 is 1.11 bits per heavy atom. The molecule has 2 aromatic carbocycles. The molecule has 1 amide bonds. The SMILES string of the molecule is CCOc1ccc(/C=C/C(=O)Nc2ccc(N3CCC(C)CC3)cc2)cc1. The molecule has 1 aliphatic heterocycles. The van der Waals surface area contributed by atoms with Crippen LogP contribution in [0.2, 0.25) is 0 Å². The molecule has 1 heterocycles. The second-order valence-electron chi connectivity index (χ2n) is 7.04. The lowest BCUT2D eigenvalue weighted by Crippen LogP contribution is -2.32. The average molecular weight is 364 g/mol. The van der Waals surface area contributed by atoms with Gasteiger partial charge >= 0.3 is 0 Å². The van der Waals surface area contributed by atoms with Crippen LogP contribution in [0.5, 0.6) is 5.75 Å². The Balaban J connectivity index is 1.53. The molecule has 0 atom stereocenters. The Hall–Kier alpha value is -2.75. The van der Waals surface area contributed by atoms with Crippen LogP contribution in [0.15, 0.2) is 54.6 Å². The Morgan fingerprint density at radius 2 is 1.78 bits per heavy atom. The lowest BCUT2D eigenvalue weighted by atomic mass is 9.99. The van der Waals surface area contributed by atoms with Crippen LogP contribution in [0.25, 0.3) is 6.08 Å². The van der Waals surface area contributed by atoms with E-state index in [1.807, 2.05) is 43.3 Å². The zero-order valence-corrected chi connectivity index (χ0v) is 16.2. The van der Waals surface area contributed by atoms with Crippen LogP contribution in [0.4, 0.5) is 11.4 Å². The minimum atomic E-state index is -0.136. The summed E-state index contributed by atoms with van der Waals surface area (Å²) in [6.07, 6.45) is 5.84. The molecule has 0 unspecified atom stereocenters. The summed E-state index contributed by atoms with van der Waals surface area (Å²) in [7, 11) is 0. The van der Waals surface area contributed by atoms with E-state index in [9.17, 15) is 4.79 Å². The third-order valence-corrected chi connectivity index (χ3v) is 4.90. The predicted octanol–water partition coefficient (Wildman–Crippen LogP) is 4.97. The fraction of sp³-hybridized carbons (Fsp3) is 0.348. The van der Waals surface area contributed by atoms with Gasteiger partial charge in [0.2, 0.25) is 5.91 Å². The van der Waals surface area contributed by atoms with Crippen molar-refractivity contribution >= 4 is 23.4 Å². The monoisotopic (exact) mass is 364 g/mol. The molecule has 4 heteroatoms. The number of piperidine rings is 1. The highest BCUT2D eigenvalue weighted by atomic mass is 16.5. The van der Waals surface area contributed by atoms with Gasteiger partial charge in [-0.1, -0.05) is 19.1 Å². The summed E-state index contributed by atoms with van der Waals surface area (Å²) < 4.78 is 5.42. The van der Waals surface area contributed by atoms with E-state index in [1.165, 1.54) is 18.5 Å². The first kappa shape index (κ1) is 19.0. The van der Waals surface area contributed by atoms with Crippen LogP contribution in [0.3, 0.4) is 0 Å². The van der Waals surface area contributed by atoms with Gasteiger partial charge in [-0.05, 0) is 73.7 Å². The number of ether oxygens (including phenoxy) is 1. The quantitative estimate of drug-likeness (QED) is 0.736. The first-order chi connectivity index (χ1) is 13.1. The third-order valence-electron chi connectivity index (χ3n) is 4.90. The summed E-state index contributed by atoms with van der Waals surface area (Å²) in [5.74, 6) is 1.52. The molecule has 2 aromatic rings. The minimum absolute atomic E-state index is 0.136. The molecular formula is C23H28N2O2. The van der Waals surface area contributed by atoms with Gasteiger partial charge in [0.25, 0.3) is 0 Å². The smallest absolute Gasteiger partial charge is 0.248 e. The molecule has 1 fully saturated rings. The van der Waals surface area contributed by atoms with E-state index >= 15 is 0 Å². The van der Waals surface area contributed by atoms with Crippen molar-refractivity contribution in [2.45, 2.75) is 26.7 Å². The number of carbonyl (C=O) groups is 1. The average Bonchev–Trinajstić information content (AvgIpc) is 2.69. The van der Waals surface area contributed by atoms with Crippen molar-refractivity contribution in [3.63, 3.8) is 0 Å². The number of amides is 1. The van der Waals surface area contributed by atoms with Crippen LogP contribution >= 0.6 is 0 Å².